The summed E-state index contributed by atoms with van der Waals surface area (Å²) in [5.41, 5.74) is 20.3. The third-order valence-corrected chi connectivity index (χ3v) is 13.3. The molecule has 3 aliphatic rings. The van der Waals surface area contributed by atoms with E-state index in [1.807, 2.05) is 0 Å². The third kappa shape index (κ3) is 4.94. The topological polar surface area (TPSA) is 12.5 Å². The summed E-state index contributed by atoms with van der Waals surface area (Å²) in [6.07, 6.45) is 0. The van der Waals surface area contributed by atoms with Crippen molar-refractivity contribution in [3.05, 3.63) is 246 Å². The first-order chi connectivity index (χ1) is 29.5. The molecular weight excluding hydrogens is 727 g/mol. The van der Waals surface area contributed by atoms with Crippen molar-refractivity contribution in [1.82, 2.24) is 0 Å². The lowest BCUT2D eigenvalue weighted by Crippen LogP contribution is -2.32. The van der Waals surface area contributed by atoms with E-state index in [1.54, 1.807) is 0 Å². The van der Waals surface area contributed by atoms with Crippen molar-refractivity contribution in [2.75, 3.05) is 4.90 Å². The molecule has 0 fully saturated rings. The molecule has 0 bridgehead atoms. The second kappa shape index (κ2) is 13.0. The number of fused-ring (bicyclic) bond motifs is 12. The zero-order valence-electron chi connectivity index (χ0n) is 33.6. The molecular formula is C58H41NO. The maximum Gasteiger partial charge on any atom is 0.132 e. The van der Waals surface area contributed by atoms with Gasteiger partial charge in [0.1, 0.15) is 11.5 Å². The van der Waals surface area contributed by atoms with Gasteiger partial charge in [-0.2, -0.15) is 0 Å². The summed E-state index contributed by atoms with van der Waals surface area (Å²) in [6, 6.07) is 77.7. The first-order valence-electron chi connectivity index (χ1n) is 20.9. The van der Waals surface area contributed by atoms with Crippen molar-refractivity contribution >= 4 is 17.1 Å². The van der Waals surface area contributed by atoms with Gasteiger partial charge in [0.2, 0.25) is 0 Å². The summed E-state index contributed by atoms with van der Waals surface area (Å²) in [7, 11) is 0. The Bertz CT molecular complexity index is 3110. The van der Waals surface area contributed by atoms with Crippen molar-refractivity contribution in [3.63, 3.8) is 0 Å². The first-order valence-corrected chi connectivity index (χ1v) is 20.9. The molecule has 0 saturated heterocycles. The summed E-state index contributed by atoms with van der Waals surface area (Å²) >= 11 is 0. The van der Waals surface area contributed by atoms with Crippen LogP contribution in [0, 0.1) is 0 Å². The van der Waals surface area contributed by atoms with Crippen LogP contribution in [0.2, 0.25) is 0 Å². The van der Waals surface area contributed by atoms with Gasteiger partial charge in [-0.1, -0.05) is 172 Å². The third-order valence-electron chi connectivity index (χ3n) is 13.3. The average Bonchev–Trinajstić information content (AvgIpc) is 3.72. The molecule has 0 aromatic heterocycles. The van der Waals surface area contributed by atoms with Gasteiger partial charge in [-0.15, -0.1) is 0 Å². The molecule has 9 aromatic carbocycles. The molecule has 0 unspecified atom stereocenters. The Kier molecular flexibility index (Phi) is 7.52. The number of hydrogen-bond acceptors (Lipinski definition) is 2. The van der Waals surface area contributed by atoms with Crippen molar-refractivity contribution in [2.24, 2.45) is 0 Å². The highest BCUT2D eigenvalue weighted by Gasteiger charge is 2.51. The predicted molar refractivity (Wildman–Crippen MR) is 247 cm³/mol. The Labute approximate surface area is 351 Å². The van der Waals surface area contributed by atoms with Gasteiger partial charge >= 0.3 is 0 Å². The number of nitrogens with zero attached hydrogens (tertiary/aromatic N) is 1. The summed E-state index contributed by atoms with van der Waals surface area (Å²) in [6.45, 7) is 4.71. The maximum absolute atomic E-state index is 6.74. The van der Waals surface area contributed by atoms with Crippen molar-refractivity contribution < 1.29 is 4.74 Å². The van der Waals surface area contributed by atoms with Gasteiger partial charge in [-0.05, 0) is 121 Å². The van der Waals surface area contributed by atoms with Gasteiger partial charge in [0.25, 0.3) is 0 Å². The van der Waals surface area contributed by atoms with Crippen LogP contribution in [0.1, 0.15) is 47.2 Å². The second-order valence-corrected chi connectivity index (χ2v) is 16.8. The minimum Gasteiger partial charge on any atom is -0.457 e. The van der Waals surface area contributed by atoms with Crippen LogP contribution in [0.25, 0.3) is 44.5 Å². The molecule has 2 aliphatic carbocycles. The molecule has 1 heterocycles. The van der Waals surface area contributed by atoms with E-state index < -0.39 is 5.41 Å². The molecule has 2 nitrogen and oxygen atoms in total. The van der Waals surface area contributed by atoms with Crippen molar-refractivity contribution in [3.8, 4) is 56.0 Å². The Hall–Kier alpha value is -7.42. The lowest BCUT2D eigenvalue weighted by molar-refractivity contribution is 0.436. The Morgan fingerprint density at radius 3 is 1.55 bits per heavy atom. The van der Waals surface area contributed by atoms with Crippen LogP contribution in [0.3, 0.4) is 0 Å². The fourth-order valence-electron chi connectivity index (χ4n) is 10.6. The lowest BCUT2D eigenvalue weighted by atomic mass is 9.66. The SMILES string of the molecule is CC1(C)c2ccccc2-c2ccc(N(c3ccc(-c4ccc5c(c4)C4(c6ccccc6O5)c5ccccc5-c5ccccc54)cc3)c3cccc(-c4ccccc4)c3)cc21. The van der Waals surface area contributed by atoms with Crippen molar-refractivity contribution in [1.29, 1.82) is 0 Å². The first kappa shape index (κ1) is 34.6. The average molecular weight is 768 g/mol. The summed E-state index contributed by atoms with van der Waals surface area (Å²) in [5, 5.41) is 0. The van der Waals surface area contributed by atoms with Gasteiger partial charge in [0.05, 0.1) is 5.41 Å². The zero-order valence-corrected chi connectivity index (χ0v) is 33.6. The van der Waals surface area contributed by atoms with E-state index in [0.29, 0.717) is 0 Å². The normalized spacial score (nSPS) is 14.2. The smallest absolute Gasteiger partial charge is 0.132 e. The van der Waals surface area contributed by atoms with Gasteiger partial charge in [-0.25, -0.2) is 0 Å². The molecule has 284 valence electrons. The molecule has 12 rings (SSSR count). The van der Waals surface area contributed by atoms with Gasteiger partial charge in [-0.3, -0.25) is 0 Å². The standard InChI is InChI=1S/C58H41NO/c1-57(2)49-22-9-6-19-45(49)48-33-32-44(37-53(48)57)59(43-18-14-17-40(35-43)38-15-4-3-5-16-38)42-30-27-39(28-31-42)41-29-34-56-54(36-41)58(52-25-12-13-26-55(52)60-56)50-23-10-7-20-46(50)47-21-8-11-24-51(47)58/h3-37H,1-2H3. The molecule has 0 N–H and O–H groups in total. The Balaban J connectivity index is 0.997. The molecule has 0 radical (unpaired) electrons. The van der Waals surface area contributed by atoms with Crippen LogP contribution in [0.4, 0.5) is 17.1 Å². The summed E-state index contributed by atoms with van der Waals surface area (Å²) < 4.78 is 6.74. The zero-order chi connectivity index (χ0) is 40.0. The number of rotatable bonds is 5. The van der Waals surface area contributed by atoms with Crippen LogP contribution in [0.15, 0.2) is 212 Å². The van der Waals surface area contributed by atoms with Gasteiger partial charge in [0, 0.05) is 33.6 Å². The van der Waals surface area contributed by atoms with Gasteiger partial charge in [0.15, 0.2) is 0 Å². The Morgan fingerprint density at radius 2 is 0.817 bits per heavy atom. The minimum atomic E-state index is -0.505. The number of benzene rings is 9. The number of ether oxygens (including phenoxy) is 1. The molecule has 60 heavy (non-hydrogen) atoms. The largest absolute Gasteiger partial charge is 0.457 e. The van der Waals surface area contributed by atoms with Crippen LogP contribution in [0.5, 0.6) is 11.5 Å². The van der Waals surface area contributed by atoms with E-state index in [-0.39, 0.29) is 5.41 Å². The highest BCUT2D eigenvalue weighted by Crippen LogP contribution is 2.62. The van der Waals surface area contributed by atoms with Crippen molar-refractivity contribution in [2.45, 2.75) is 24.7 Å². The number of para-hydroxylation sites is 1. The molecule has 0 saturated carbocycles. The molecule has 1 aliphatic heterocycles. The van der Waals surface area contributed by atoms with E-state index >= 15 is 0 Å². The molecule has 0 amide bonds. The maximum atomic E-state index is 6.74. The highest BCUT2D eigenvalue weighted by molar-refractivity contribution is 5.90. The van der Waals surface area contributed by atoms with E-state index in [1.165, 1.54) is 66.8 Å². The van der Waals surface area contributed by atoms with Crippen LogP contribution >= 0.6 is 0 Å². The van der Waals surface area contributed by atoms with Gasteiger partial charge < -0.3 is 9.64 Å². The predicted octanol–water partition coefficient (Wildman–Crippen LogP) is 15.3. The fraction of sp³-hybridized carbons (Fsp3) is 0.0690. The number of anilines is 3. The lowest BCUT2D eigenvalue weighted by Gasteiger charge is -2.39. The quantitative estimate of drug-likeness (QED) is 0.173. The second-order valence-electron chi connectivity index (χ2n) is 16.8. The van der Waals surface area contributed by atoms with E-state index in [4.69, 9.17) is 4.74 Å². The van der Waals surface area contributed by atoms with E-state index in [0.717, 1.165) is 39.7 Å². The van der Waals surface area contributed by atoms with E-state index in [2.05, 4.69) is 231 Å². The number of hydrogen-bond donors (Lipinski definition) is 0. The summed E-state index contributed by atoms with van der Waals surface area (Å²) in [4.78, 5) is 2.41. The van der Waals surface area contributed by atoms with Crippen LogP contribution in [-0.4, -0.2) is 0 Å². The molecule has 0 atom stereocenters. The Morgan fingerprint density at radius 1 is 0.317 bits per heavy atom. The van der Waals surface area contributed by atoms with Crippen LogP contribution < -0.4 is 9.64 Å². The minimum absolute atomic E-state index is 0.113. The van der Waals surface area contributed by atoms with Crippen LogP contribution in [-0.2, 0) is 10.8 Å². The molecule has 9 aromatic rings. The monoisotopic (exact) mass is 767 g/mol. The molecule has 1 spiro atoms. The molecule has 2 heteroatoms. The summed E-state index contributed by atoms with van der Waals surface area (Å²) in [5.74, 6) is 1.80. The highest BCUT2D eigenvalue weighted by atomic mass is 16.5. The fourth-order valence-corrected chi connectivity index (χ4v) is 10.6. The van der Waals surface area contributed by atoms with E-state index in [9.17, 15) is 0 Å².